The molecule has 0 heterocycles. The Balaban J connectivity index is 1.78. The molecule has 0 saturated heterocycles. The maximum Gasteiger partial charge on any atom is 0.320 e. The van der Waals surface area contributed by atoms with Crippen molar-refractivity contribution in [2.24, 2.45) is 11.3 Å². The molecule has 30 heavy (non-hydrogen) atoms. The Bertz CT molecular complexity index is 895. The van der Waals surface area contributed by atoms with Crippen LogP contribution in [-0.4, -0.2) is 32.8 Å². The molecule has 0 N–H and O–H groups in total. The second-order valence-electron chi connectivity index (χ2n) is 9.45. The molecule has 0 aliphatic heterocycles. The van der Waals surface area contributed by atoms with Crippen LogP contribution in [0.15, 0.2) is 60.7 Å². The van der Waals surface area contributed by atoms with Crippen molar-refractivity contribution in [2.45, 2.75) is 51.7 Å². The molecule has 158 valence electrons. The molecule has 2 fully saturated rings. The highest BCUT2D eigenvalue weighted by Crippen LogP contribution is 2.63. The van der Waals surface area contributed by atoms with E-state index < -0.39 is 13.7 Å². The highest BCUT2D eigenvalue weighted by atomic mass is 28.4. The van der Waals surface area contributed by atoms with E-state index in [1.54, 1.807) is 6.92 Å². The quantitative estimate of drug-likeness (QED) is 0.406. The number of carbonyl (C=O) groups is 2. The third-order valence-corrected chi connectivity index (χ3v) is 11.8. The number of esters is 1. The number of carbonyl (C=O) groups excluding carboxylic acids is 2. The van der Waals surface area contributed by atoms with Gasteiger partial charge in [-0.1, -0.05) is 81.4 Å². The van der Waals surface area contributed by atoms with Gasteiger partial charge < -0.3 is 9.16 Å². The Morgan fingerprint density at radius 3 is 2.00 bits per heavy atom. The van der Waals surface area contributed by atoms with Crippen molar-refractivity contribution < 1.29 is 18.8 Å². The second-order valence-corrected chi connectivity index (χ2v) is 13.7. The van der Waals surface area contributed by atoms with Crippen molar-refractivity contribution in [3.63, 3.8) is 0 Å². The van der Waals surface area contributed by atoms with E-state index in [1.807, 2.05) is 12.1 Å². The maximum atomic E-state index is 12.9. The average molecular weight is 423 g/mol. The smallest absolute Gasteiger partial charge is 0.320 e. The lowest BCUT2D eigenvalue weighted by molar-refractivity contribution is -0.153. The Hall–Kier alpha value is -2.24. The molecular formula is C25H30O4Si. The maximum absolute atomic E-state index is 12.9. The van der Waals surface area contributed by atoms with Crippen LogP contribution in [0.25, 0.3) is 0 Å². The first kappa shape index (κ1) is 21.0. The highest BCUT2D eigenvalue weighted by Gasteiger charge is 2.74. The van der Waals surface area contributed by atoms with Crippen LogP contribution < -0.4 is 10.4 Å². The summed E-state index contributed by atoms with van der Waals surface area (Å²) in [5.74, 6) is -0.465. The zero-order valence-electron chi connectivity index (χ0n) is 18.2. The molecule has 2 saturated carbocycles. The molecule has 0 unspecified atom stereocenters. The largest absolute Gasteiger partial charge is 0.465 e. The van der Waals surface area contributed by atoms with Crippen molar-refractivity contribution in [3.8, 4) is 0 Å². The summed E-state index contributed by atoms with van der Waals surface area (Å²) in [6.07, 6.45) is 0.579. The standard InChI is InChI=1S/C25H30O4Si/c1-5-28-23(27)25-17-20(25)21(16-22(25)26)29-30(24(2,3)4,18-12-8-6-9-13-18)19-14-10-7-11-15-19/h6-15,20-21H,5,16-17H2,1-4H3/t20-,21+,25+/m1/s1. The minimum absolute atomic E-state index is 0.0196. The lowest BCUT2D eigenvalue weighted by atomic mass is 10.0. The zero-order valence-corrected chi connectivity index (χ0v) is 19.2. The molecule has 0 aromatic heterocycles. The van der Waals surface area contributed by atoms with Gasteiger partial charge in [0.25, 0.3) is 8.32 Å². The first-order valence-corrected chi connectivity index (χ1v) is 12.7. The fourth-order valence-corrected chi connectivity index (χ4v) is 9.93. The van der Waals surface area contributed by atoms with Gasteiger partial charge in [0.2, 0.25) is 0 Å². The third kappa shape index (κ3) is 3.07. The van der Waals surface area contributed by atoms with Crippen molar-refractivity contribution in [2.75, 3.05) is 6.61 Å². The number of hydrogen-bond donors (Lipinski definition) is 0. The summed E-state index contributed by atoms with van der Waals surface area (Å²) in [6, 6.07) is 20.8. The van der Waals surface area contributed by atoms with E-state index in [9.17, 15) is 9.59 Å². The van der Waals surface area contributed by atoms with E-state index in [-0.39, 0.29) is 35.2 Å². The monoisotopic (exact) mass is 422 g/mol. The predicted octanol–water partition coefficient (Wildman–Crippen LogP) is 3.47. The predicted molar refractivity (Wildman–Crippen MR) is 119 cm³/mol. The Labute approximate surface area is 179 Å². The number of ether oxygens (including phenoxy) is 1. The molecule has 4 rings (SSSR count). The van der Waals surface area contributed by atoms with Crippen molar-refractivity contribution >= 4 is 30.4 Å². The van der Waals surface area contributed by atoms with E-state index in [1.165, 1.54) is 10.4 Å². The molecule has 0 radical (unpaired) electrons. The van der Waals surface area contributed by atoms with Gasteiger partial charge in [-0.15, -0.1) is 0 Å². The molecule has 0 spiro atoms. The molecule has 2 aliphatic carbocycles. The minimum Gasteiger partial charge on any atom is -0.465 e. The second kappa shape index (κ2) is 7.47. The first-order valence-electron chi connectivity index (χ1n) is 10.8. The molecule has 2 aromatic carbocycles. The average Bonchev–Trinajstić information content (AvgIpc) is 3.43. The van der Waals surface area contributed by atoms with Crippen LogP contribution in [0.4, 0.5) is 0 Å². The van der Waals surface area contributed by atoms with E-state index in [4.69, 9.17) is 9.16 Å². The number of rotatable bonds is 6. The van der Waals surface area contributed by atoms with Crippen LogP contribution in [0.1, 0.15) is 40.5 Å². The van der Waals surface area contributed by atoms with Crippen LogP contribution in [0.3, 0.4) is 0 Å². The zero-order chi connectivity index (χ0) is 21.6. The number of benzene rings is 2. The van der Waals surface area contributed by atoms with Gasteiger partial charge in [-0.3, -0.25) is 9.59 Å². The van der Waals surface area contributed by atoms with E-state index in [0.717, 1.165) is 0 Å². The molecule has 0 bridgehead atoms. The Morgan fingerprint density at radius 1 is 1.03 bits per heavy atom. The van der Waals surface area contributed by atoms with Gasteiger partial charge in [0.1, 0.15) is 5.41 Å². The summed E-state index contributed by atoms with van der Waals surface area (Å²) in [4.78, 5) is 25.5. The van der Waals surface area contributed by atoms with Crippen molar-refractivity contribution in [3.05, 3.63) is 60.7 Å². The highest BCUT2D eigenvalue weighted by molar-refractivity contribution is 6.99. The van der Waals surface area contributed by atoms with Crippen LogP contribution in [-0.2, 0) is 18.8 Å². The lowest BCUT2D eigenvalue weighted by Crippen LogP contribution is -2.67. The number of ketones is 1. The third-order valence-electron chi connectivity index (χ3n) is 6.73. The molecule has 0 amide bonds. The fraction of sp³-hybridized carbons (Fsp3) is 0.440. The van der Waals surface area contributed by atoms with E-state index in [2.05, 4.69) is 69.3 Å². The topological polar surface area (TPSA) is 52.6 Å². The minimum atomic E-state index is -2.75. The van der Waals surface area contributed by atoms with Gasteiger partial charge in [0, 0.05) is 12.3 Å². The Kier molecular flexibility index (Phi) is 5.23. The summed E-state index contributed by atoms with van der Waals surface area (Å²) < 4.78 is 12.4. The van der Waals surface area contributed by atoms with Gasteiger partial charge in [-0.25, -0.2) is 0 Å². The van der Waals surface area contributed by atoms with Crippen LogP contribution >= 0.6 is 0 Å². The normalized spacial score (nSPS) is 25.7. The van der Waals surface area contributed by atoms with Gasteiger partial charge in [0.05, 0.1) is 12.7 Å². The van der Waals surface area contributed by atoms with Crippen LogP contribution in [0, 0.1) is 11.3 Å². The SMILES string of the molecule is CCOC(=O)[C@@]12C[C@@H]1[C@@H](O[Si](c1ccccc1)(c1ccccc1)C(C)(C)C)CC2=O. The van der Waals surface area contributed by atoms with Crippen molar-refractivity contribution in [1.29, 1.82) is 0 Å². The lowest BCUT2D eigenvalue weighted by Gasteiger charge is -2.44. The van der Waals surface area contributed by atoms with Gasteiger partial charge in [0.15, 0.2) is 5.78 Å². The molecular weight excluding hydrogens is 392 g/mol. The molecule has 5 heteroatoms. The summed E-state index contributed by atoms with van der Waals surface area (Å²) in [7, 11) is -2.75. The van der Waals surface area contributed by atoms with Gasteiger partial charge >= 0.3 is 5.97 Å². The summed E-state index contributed by atoms with van der Waals surface area (Å²) >= 11 is 0. The molecule has 3 atom stereocenters. The molecule has 2 aromatic rings. The van der Waals surface area contributed by atoms with Gasteiger partial charge in [-0.05, 0) is 28.8 Å². The van der Waals surface area contributed by atoms with E-state index >= 15 is 0 Å². The Morgan fingerprint density at radius 2 is 1.57 bits per heavy atom. The first-order chi connectivity index (χ1) is 14.3. The van der Waals surface area contributed by atoms with E-state index in [0.29, 0.717) is 13.0 Å². The number of fused-ring (bicyclic) bond motifs is 1. The van der Waals surface area contributed by atoms with Crippen LogP contribution in [0.5, 0.6) is 0 Å². The molecule has 2 aliphatic rings. The number of Topliss-reactive ketones (excluding diaryl/α,β-unsaturated/α-hetero) is 1. The van der Waals surface area contributed by atoms with Crippen molar-refractivity contribution in [1.82, 2.24) is 0 Å². The summed E-state index contributed by atoms with van der Waals surface area (Å²) in [5, 5.41) is 2.21. The number of hydrogen-bond acceptors (Lipinski definition) is 4. The summed E-state index contributed by atoms with van der Waals surface area (Å²) in [6.45, 7) is 8.74. The fourth-order valence-electron chi connectivity index (χ4n) is 5.22. The summed E-state index contributed by atoms with van der Waals surface area (Å²) in [5.41, 5.74) is -0.966. The van der Waals surface area contributed by atoms with Gasteiger partial charge in [-0.2, -0.15) is 0 Å². The van der Waals surface area contributed by atoms with Crippen LogP contribution in [0.2, 0.25) is 5.04 Å². The molecule has 4 nitrogen and oxygen atoms in total.